The lowest BCUT2D eigenvalue weighted by Gasteiger charge is -2.12. The van der Waals surface area contributed by atoms with Crippen molar-refractivity contribution >= 4 is 11.0 Å². The van der Waals surface area contributed by atoms with Crippen molar-refractivity contribution in [1.29, 1.82) is 0 Å². The number of aromatic nitrogens is 4. The number of nitrogens with zero attached hydrogens (tertiary/aromatic N) is 4. The van der Waals surface area contributed by atoms with E-state index >= 15 is 0 Å². The fourth-order valence-electron chi connectivity index (χ4n) is 2.49. The summed E-state index contributed by atoms with van der Waals surface area (Å²) in [5, 5.41) is 24.1. The molecule has 0 aliphatic carbocycles. The second-order valence-corrected chi connectivity index (χ2v) is 4.73. The summed E-state index contributed by atoms with van der Waals surface area (Å²) in [6, 6.07) is 0. The average Bonchev–Trinajstić information content (AvgIpc) is 2.99. The first-order valence-electron chi connectivity index (χ1n) is 6.34. The first-order chi connectivity index (χ1) is 9.65. The molecule has 3 heterocycles. The third kappa shape index (κ3) is 1.92. The summed E-state index contributed by atoms with van der Waals surface area (Å²) >= 11 is 0. The van der Waals surface area contributed by atoms with Gasteiger partial charge in [0.1, 0.15) is 17.8 Å². The second-order valence-electron chi connectivity index (χ2n) is 4.73. The van der Waals surface area contributed by atoms with Gasteiger partial charge in [0.2, 0.25) is 5.88 Å². The lowest BCUT2D eigenvalue weighted by molar-refractivity contribution is -0.0471. The third-order valence-electron chi connectivity index (χ3n) is 3.48. The molecular weight excluding hydrogens is 264 g/mol. The van der Waals surface area contributed by atoms with Crippen LogP contribution in [-0.2, 0) is 4.74 Å². The highest BCUT2D eigenvalue weighted by molar-refractivity contribution is 5.83. The standard InChI is InChI=1S/C12H16N4O4/c1-6-10-11(13-5-14-12(10)19-2)16(15-6)9-3-7(18)8(4-17)20-9/h5,7-9,17-18H,3-4H2,1-2H3. The van der Waals surface area contributed by atoms with Crippen molar-refractivity contribution in [2.75, 3.05) is 13.7 Å². The molecule has 2 aromatic heterocycles. The monoisotopic (exact) mass is 280 g/mol. The molecule has 3 rings (SSSR count). The summed E-state index contributed by atoms with van der Waals surface area (Å²) in [7, 11) is 1.54. The zero-order valence-electron chi connectivity index (χ0n) is 11.2. The quantitative estimate of drug-likeness (QED) is 0.801. The molecule has 0 amide bonds. The van der Waals surface area contributed by atoms with E-state index < -0.39 is 18.4 Å². The first kappa shape index (κ1) is 13.2. The maximum atomic E-state index is 9.82. The van der Waals surface area contributed by atoms with E-state index in [1.807, 2.05) is 6.92 Å². The summed E-state index contributed by atoms with van der Waals surface area (Å²) in [5.74, 6) is 0.455. The van der Waals surface area contributed by atoms with Gasteiger partial charge >= 0.3 is 0 Å². The minimum absolute atomic E-state index is 0.228. The molecule has 0 bridgehead atoms. The van der Waals surface area contributed by atoms with Crippen molar-refractivity contribution in [3.8, 4) is 5.88 Å². The molecule has 0 aromatic carbocycles. The maximum Gasteiger partial charge on any atom is 0.227 e. The molecule has 8 nitrogen and oxygen atoms in total. The Kier molecular flexibility index (Phi) is 3.28. The van der Waals surface area contributed by atoms with Crippen molar-refractivity contribution < 1.29 is 19.7 Å². The predicted octanol–water partition coefficient (Wildman–Crippen LogP) is -0.216. The number of hydrogen-bond acceptors (Lipinski definition) is 7. The number of methoxy groups -OCH3 is 1. The molecule has 1 saturated heterocycles. The Morgan fingerprint density at radius 2 is 2.30 bits per heavy atom. The van der Waals surface area contributed by atoms with Crippen LogP contribution in [0.3, 0.4) is 0 Å². The van der Waals surface area contributed by atoms with Crippen LogP contribution in [0, 0.1) is 6.92 Å². The highest BCUT2D eigenvalue weighted by atomic mass is 16.5. The van der Waals surface area contributed by atoms with E-state index in [1.165, 1.54) is 13.4 Å². The molecule has 3 atom stereocenters. The van der Waals surface area contributed by atoms with Crippen LogP contribution < -0.4 is 4.74 Å². The van der Waals surface area contributed by atoms with Gasteiger partial charge in [-0.25, -0.2) is 14.6 Å². The first-order valence-corrected chi connectivity index (χ1v) is 6.34. The molecule has 8 heteroatoms. The molecule has 0 radical (unpaired) electrons. The number of hydrogen-bond donors (Lipinski definition) is 2. The second kappa shape index (κ2) is 4.97. The Hall–Kier alpha value is -1.77. The summed E-state index contributed by atoms with van der Waals surface area (Å²) in [4.78, 5) is 8.27. The van der Waals surface area contributed by atoms with Gasteiger partial charge in [-0.05, 0) is 6.92 Å². The number of ether oxygens (including phenoxy) is 2. The number of rotatable bonds is 3. The Morgan fingerprint density at radius 3 is 2.95 bits per heavy atom. The number of aryl methyl sites for hydroxylation is 1. The van der Waals surface area contributed by atoms with Gasteiger partial charge in [0.05, 0.1) is 25.5 Å². The summed E-state index contributed by atoms with van der Waals surface area (Å²) in [6.07, 6.45) is -0.0175. The molecule has 1 aliphatic heterocycles. The molecular formula is C12H16N4O4. The summed E-state index contributed by atoms with van der Waals surface area (Å²) in [6.45, 7) is 1.60. The van der Waals surface area contributed by atoms with E-state index in [-0.39, 0.29) is 6.61 Å². The average molecular weight is 280 g/mol. The molecule has 0 spiro atoms. The molecule has 2 aromatic rings. The molecule has 2 N–H and O–H groups in total. The number of aliphatic hydroxyl groups is 2. The lowest BCUT2D eigenvalue weighted by atomic mass is 10.2. The van der Waals surface area contributed by atoms with Gasteiger partial charge < -0.3 is 19.7 Å². The molecule has 1 aliphatic rings. The van der Waals surface area contributed by atoms with Crippen LogP contribution in [0.4, 0.5) is 0 Å². The van der Waals surface area contributed by atoms with Crippen LogP contribution in [0.25, 0.3) is 11.0 Å². The van der Waals surface area contributed by atoms with E-state index in [4.69, 9.17) is 14.6 Å². The lowest BCUT2D eigenvalue weighted by Crippen LogP contribution is -2.24. The smallest absolute Gasteiger partial charge is 0.227 e. The van der Waals surface area contributed by atoms with Gasteiger partial charge in [-0.2, -0.15) is 5.10 Å². The molecule has 3 unspecified atom stereocenters. The Balaban J connectivity index is 2.05. The topological polar surface area (TPSA) is 103 Å². The number of aliphatic hydroxyl groups excluding tert-OH is 2. The van der Waals surface area contributed by atoms with Gasteiger partial charge in [0, 0.05) is 6.42 Å². The summed E-state index contributed by atoms with van der Waals surface area (Å²) < 4.78 is 12.4. The highest BCUT2D eigenvalue weighted by Crippen LogP contribution is 2.33. The van der Waals surface area contributed by atoms with E-state index in [2.05, 4.69) is 15.1 Å². The van der Waals surface area contributed by atoms with Crippen LogP contribution in [0.15, 0.2) is 6.33 Å². The number of fused-ring (bicyclic) bond motifs is 1. The zero-order chi connectivity index (χ0) is 14.3. The molecule has 20 heavy (non-hydrogen) atoms. The Morgan fingerprint density at radius 1 is 1.50 bits per heavy atom. The zero-order valence-corrected chi connectivity index (χ0v) is 11.2. The Bertz CT molecular complexity index is 629. The van der Waals surface area contributed by atoms with Gasteiger partial charge in [0.15, 0.2) is 11.9 Å². The third-order valence-corrected chi connectivity index (χ3v) is 3.48. The highest BCUT2D eigenvalue weighted by Gasteiger charge is 2.36. The molecule has 0 saturated carbocycles. The van der Waals surface area contributed by atoms with E-state index in [1.54, 1.807) is 4.68 Å². The van der Waals surface area contributed by atoms with Crippen molar-refractivity contribution in [1.82, 2.24) is 19.7 Å². The van der Waals surface area contributed by atoms with Gasteiger partial charge in [-0.1, -0.05) is 0 Å². The molecule has 108 valence electrons. The van der Waals surface area contributed by atoms with Crippen molar-refractivity contribution in [2.24, 2.45) is 0 Å². The van der Waals surface area contributed by atoms with Gasteiger partial charge in [-0.15, -0.1) is 0 Å². The van der Waals surface area contributed by atoms with Crippen molar-refractivity contribution in [3.05, 3.63) is 12.0 Å². The normalized spacial score (nSPS) is 26.3. The van der Waals surface area contributed by atoms with Crippen LogP contribution in [0.5, 0.6) is 5.88 Å². The van der Waals surface area contributed by atoms with Crippen LogP contribution in [0.2, 0.25) is 0 Å². The van der Waals surface area contributed by atoms with Gasteiger partial charge in [0.25, 0.3) is 0 Å². The van der Waals surface area contributed by atoms with Crippen molar-refractivity contribution in [3.63, 3.8) is 0 Å². The van der Waals surface area contributed by atoms with Gasteiger partial charge in [-0.3, -0.25) is 0 Å². The summed E-state index contributed by atoms with van der Waals surface area (Å²) in [5.41, 5.74) is 1.31. The van der Waals surface area contributed by atoms with Crippen molar-refractivity contribution in [2.45, 2.75) is 31.8 Å². The fourth-order valence-corrected chi connectivity index (χ4v) is 2.49. The molecule has 1 fully saturated rings. The van der Waals surface area contributed by atoms with Crippen LogP contribution in [0.1, 0.15) is 18.3 Å². The minimum Gasteiger partial charge on any atom is -0.480 e. The van der Waals surface area contributed by atoms with E-state index in [0.717, 1.165) is 11.1 Å². The Labute approximate surface area is 115 Å². The van der Waals surface area contributed by atoms with E-state index in [9.17, 15) is 5.11 Å². The minimum atomic E-state index is -0.715. The maximum absolute atomic E-state index is 9.82. The largest absolute Gasteiger partial charge is 0.480 e. The predicted molar refractivity (Wildman–Crippen MR) is 68.2 cm³/mol. The fraction of sp³-hybridized carbons (Fsp3) is 0.583. The SMILES string of the molecule is COc1ncnc2c1c(C)nn2C1CC(O)C(CO)O1. The van der Waals surface area contributed by atoms with Crippen LogP contribution in [-0.4, -0.2) is 55.9 Å². The van der Waals surface area contributed by atoms with E-state index in [0.29, 0.717) is 17.9 Å². The van der Waals surface area contributed by atoms with Crippen LogP contribution >= 0.6 is 0 Å².